The molecule has 0 fully saturated rings. The SMILES string of the molecule is Cc1ccc(-n2nc(C(=O)Oc3ccc(NS(C)(=O)=O)cc3)c3c2CCCC3)cc1F. The van der Waals surface area contributed by atoms with Gasteiger partial charge in [-0.25, -0.2) is 22.3 Å². The van der Waals surface area contributed by atoms with Crippen molar-refractivity contribution in [2.45, 2.75) is 32.6 Å². The second kappa shape index (κ2) is 8.14. The van der Waals surface area contributed by atoms with E-state index in [1.807, 2.05) is 0 Å². The van der Waals surface area contributed by atoms with Crippen LogP contribution in [0.25, 0.3) is 5.69 Å². The zero-order valence-corrected chi connectivity index (χ0v) is 18.0. The van der Waals surface area contributed by atoms with Crippen LogP contribution >= 0.6 is 0 Å². The molecule has 0 atom stereocenters. The molecule has 162 valence electrons. The fourth-order valence-electron chi connectivity index (χ4n) is 3.65. The maximum absolute atomic E-state index is 14.1. The molecule has 0 amide bonds. The highest BCUT2D eigenvalue weighted by atomic mass is 32.2. The first kappa shape index (κ1) is 21.0. The Labute approximate surface area is 179 Å². The lowest BCUT2D eigenvalue weighted by atomic mass is 9.95. The molecule has 0 saturated carbocycles. The normalized spacial score (nSPS) is 13.5. The summed E-state index contributed by atoms with van der Waals surface area (Å²) >= 11 is 0. The Morgan fingerprint density at radius 2 is 1.84 bits per heavy atom. The zero-order valence-electron chi connectivity index (χ0n) is 17.2. The Morgan fingerprint density at radius 3 is 2.52 bits per heavy atom. The number of rotatable bonds is 5. The third kappa shape index (κ3) is 4.61. The Hall–Kier alpha value is -3.20. The van der Waals surface area contributed by atoms with Crippen molar-refractivity contribution in [3.05, 3.63) is 70.8 Å². The number of benzene rings is 2. The fraction of sp³-hybridized carbons (Fsp3) is 0.273. The highest BCUT2D eigenvalue weighted by Crippen LogP contribution is 2.28. The molecule has 0 spiro atoms. The molecule has 1 N–H and O–H groups in total. The van der Waals surface area contributed by atoms with Gasteiger partial charge in [0.25, 0.3) is 0 Å². The van der Waals surface area contributed by atoms with Gasteiger partial charge in [-0.2, -0.15) is 5.10 Å². The van der Waals surface area contributed by atoms with Crippen LogP contribution in [0.2, 0.25) is 0 Å². The summed E-state index contributed by atoms with van der Waals surface area (Å²) < 4.78 is 46.2. The number of sulfonamides is 1. The number of ether oxygens (including phenoxy) is 1. The molecule has 0 saturated heterocycles. The standard InChI is InChI=1S/C22H22FN3O4S/c1-14-7-10-16(13-19(14)23)26-20-6-4-3-5-18(20)21(24-26)22(27)30-17-11-8-15(9-12-17)25-31(2,28)29/h7-13,25H,3-6H2,1-2H3. The van der Waals surface area contributed by atoms with Crippen molar-refractivity contribution in [1.82, 2.24) is 9.78 Å². The van der Waals surface area contributed by atoms with Gasteiger partial charge in [0.1, 0.15) is 11.6 Å². The summed E-state index contributed by atoms with van der Waals surface area (Å²) in [7, 11) is -3.39. The van der Waals surface area contributed by atoms with Crippen molar-refractivity contribution in [2.75, 3.05) is 11.0 Å². The van der Waals surface area contributed by atoms with Gasteiger partial charge in [0.15, 0.2) is 5.69 Å². The van der Waals surface area contributed by atoms with E-state index in [0.717, 1.165) is 36.8 Å². The molecule has 0 bridgehead atoms. The van der Waals surface area contributed by atoms with Gasteiger partial charge < -0.3 is 4.74 Å². The van der Waals surface area contributed by atoms with E-state index in [4.69, 9.17) is 4.74 Å². The van der Waals surface area contributed by atoms with E-state index >= 15 is 0 Å². The van der Waals surface area contributed by atoms with Crippen LogP contribution < -0.4 is 9.46 Å². The highest BCUT2D eigenvalue weighted by Gasteiger charge is 2.27. The van der Waals surface area contributed by atoms with Gasteiger partial charge in [0, 0.05) is 16.9 Å². The van der Waals surface area contributed by atoms with Crippen molar-refractivity contribution in [3.8, 4) is 11.4 Å². The number of aromatic nitrogens is 2. The Morgan fingerprint density at radius 1 is 1.13 bits per heavy atom. The van der Waals surface area contributed by atoms with Crippen LogP contribution in [0.4, 0.5) is 10.1 Å². The number of carbonyl (C=O) groups excluding carboxylic acids is 1. The number of carbonyl (C=O) groups is 1. The highest BCUT2D eigenvalue weighted by molar-refractivity contribution is 7.92. The maximum Gasteiger partial charge on any atom is 0.364 e. The van der Waals surface area contributed by atoms with Crippen LogP contribution in [0.15, 0.2) is 42.5 Å². The lowest BCUT2D eigenvalue weighted by Gasteiger charge is -2.14. The quantitative estimate of drug-likeness (QED) is 0.479. The van der Waals surface area contributed by atoms with E-state index in [0.29, 0.717) is 23.4 Å². The zero-order chi connectivity index (χ0) is 22.2. The molecular weight excluding hydrogens is 421 g/mol. The Kier molecular flexibility index (Phi) is 5.53. The summed E-state index contributed by atoms with van der Waals surface area (Å²) in [5.74, 6) is -0.665. The molecule has 1 heterocycles. The van der Waals surface area contributed by atoms with Crippen LogP contribution in [-0.2, 0) is 22.9 Å². The van der Waals surface area contributed by atoms with Gasteiger partial charge in [-0.15, -0.1) is 0 Å². The van der Waals surface area contributed by atoms with E-state index < -0.39 is 16.0 Å². The van der Waals surface area contributed by atoms with Crippen molar-refractivity contribution in [2.24, 2.45) is 0 Å². The smallest absolute Gasteiger partial charge is 0.364 e. The van der Waals surface area contributed by atoms with Crippen LogP contribution in [0.1, 0.15) is 40.2 Å². The summed E-state index contributed by atoms with van der Waals surface area (Å²) in [6, 6.07) is 10.9. The number of esters is 1. The molecular formula is C22H22FN3O4S. The molecule has 0 unspecified atom stereocenters. The monoisotopic (exact) mass is 443 g/mol. The molecule has 1 aliphatic rings. The largest absolute Gasteiger partial charge is 0.422 e. The fourth-order valence-corrected chi connectivity index (χ4v) is 4.21. The Bertz CT molecular complexity index is 1250. The van der Waals surface area contributed by atoms with E-state index in [-0.39, 0.29) is 17.3 Å². The minimum absolute atomic E-state index is 0.217. The summed E-state index contributed by atoms with van der Waals surface area (Å²) in [6.45, 7) is 1.69. The van der Waals surface area contributed by atoms with Crippen LogP contribution in [0.3, 0.4) is 0 Å². The Balaban J connectivity index is 1.62. The third-order valence-electron chi connectivity index (χ3n) is 5.14. The average molecular weight is 444 g/mol. The molecule has 9 heteroatoms. The first-order valence-electron chi connectivity index (χ1n) is 9.88. The van der Waals surface area contributed by atoms with Crippen LogP contribution in [0, 0.1) is 12.7 Å². The molecule has 4 rings (SSSR count). The van der Waals surface area contributed by atoms with E-state index in [1.54, 1.807) is 23.7 Å². The van der Waals surface area contributed by atoms with Gasteiger partial charge in [-0.05, 0) is 74.6 Å². The van der Waals surface area contributed by atoms with Crippen molar-refractivity contribution < 1.29 is 22.3 Å². The molecule has 7 nitrogen and oxygen atoms in total. The molecule has 1 aliphatic carbocycles. The number of anilines is 1. The summed E-state index contributed by atoms with van der Waals surface area (Å²) in [5, 5.41) is 4.48. The van der Waals surface area contributed by atoms with Gasteiger partial charge in [0.05, 0.1) is 11.9 Å². The molecule has 0 radical (unpaired) electrons. The van der Waals surface area contributed by atoms with Crippen molar-refractivity contribution >= 4 is 21.7 Å². The number of fused-ring (bicyclic) bond motifs is 1. The molecule has 3 aromatic rings. The summed E-state index contributed by atoms with van der Waals surface area (Å²) in [5.41, 5.74) is 3.41. The first-order chi connectivity index (χ1) is 14.7. The molecule has 2 aromatic carbocycles. The number of hydrogen-bond acceptors (Lipinski definition) is 5. The second-order valence-electron chi connectivity index (χ2n) is 7.61. The third-order valence-corrected chi connectivity index (χ3v) is 5.75. The van der Waals surface area contributed by atoms with Gasteiger partial charge in [0.2, 0.25) is 10.0 Å². The van der Waals surface area contributed by atoms with E-state index in [1.165, 1.54) is 30.3 Å². The molecule has 31 heavy (non-hydrogen) atoms. The van der Waals surface area contributed by atoms with Gasteiger partial charge in [-0.1, -0.05) is 6.07 Å². The lowest BCUT2D eigenvalue weighted by Crippen LogP contribution is -2.13. The number of nitrogens with zero attached hydrogens (tertiary/aromatic N) is 2. The minimum atomic E-state index is -3.39. The number of hydrogen-bond donors (Lipinski definition) is 1. The van der Waals surface area contributed by atoms with Gasteiger partial charge >= 0.3 is 5.97 Å². The van der Waals surface area contributed by atoms with Gasteiger partial charge in [-0.3, -0.25) is 4.72 Å². The van der Waals surface area contributed by atoms with E-state index in [9.17, 15) is 17.6 Å². The summed E-state index contributed by atoms with van der Waals surface area (Å²) in [6.07, 6.45) is 4.41. The molecule has 0 aliphatic heterocycles. The average Bonchev–Trinajstić information content (AvgIpc) is 3.10. The predicted molar refractivity (Wildman–Crippen MR) is 115 cm³/mol. The topological polar surface area (TPSA) is 90.3 Å². The number of halogens is 1. The van der Waals surface area contributed by atoms with Crippen molar-refractivity contribution in [3.63, 3.8) is 0 Å². The summed E-state index contributed by atoms with van der Waals surface area (Å²) in [4.78, 5) is 12.9. The maximum atomic E-state index is 14.1. The van der Waals surface area contributed by atoms with Crippen LogP contribution in [-0.4, -0.2) is 30.4 Å². The van der Waals surface area contributed by atoms with Crippen LogP contribution in [0.5, 0.6) is 5.75 Å². The van der Waals surface area contributed by atoms with E-state index in [2.05, 4.69) is 9.82 Å². The molecule has 1 aromatic heterocycles. The number of nitrogens with one attached hydrogen (secondary N) is 1. The number of aryl methyl sites for hydroxylation is 1. The lowest BCUT2D eigenvalue weighted by molar-refractivity contribution is 0.0727. The van der Waals surface area contributed by atoms with Crippen molar-refractivity contribution in [1.29, 1.82) is 0 Å². The minimum Gasteiger partial charge on any atom is -0.422 e. The second-order valence-corrected chi connectivity index (χ2v) is 9.36. The first-order valence-corrected chi connectivity index (χ1v) is 11.8. The predicted octanol–water partition coefficient (Wildman–Crippen LogP) is 3.79.